The van der Waals surface area contributed by atoms with Gasteiger partial charge < -0.3 is 9.47 Å². The Labute approximate surface area is 161 Å². The fourth-order valence-corrected chi connectivity index (χ4v) is 4.84. The van der Waals surface area contributed by atoms with E-state index < -0.39 is 9.84 Å². The van der Waals surface area contributed by atoms with Gasteiger partial charge in [-0.15, -0.1) is 0 Å². The highest BCUT2D eigenvalue weighted by molar-refractivity contribution is 7.91. The van der Waals surface area contributed by atoms with Crippen LogP contribution in [0, 0.1) is 5.92 Å². The Bertz CT molecular complexity index is 854. The monoisotopic (exact) mass is 389 g/mol. The second kappa shape index (κ2) is 8.69. The molecule has 1 aromatic carbocycles. The summed E-state index contributed by atoms with van der Waals surface area (Å²) in [4.78, 5) is 18.9. The zero-order valence-electron chi connectivity index (χ0n) is 15.8. The zero-order valence-corrected chi connectivity index (χ0v) is 16.6. The number of rotatable bonds is 7. The highest BCUT2D eigenvalue weighted by atomic mass is 32.2. The van der Waals surface area contributed by atoms with E-state index in [0.29, 0.717) is 19.0 Å². The molecular weight excluding hydrogens is 362 g/mol. The molecule has 7 heteroatoms. The summed E-state index contributed by atoms with van der Waals surface area (Å²) >= 11 is 0. The number of sulfone groups is 1. The molecule has 3 rings (SSSR count). The van der Waals surface area contributed by atoms with Gasteiger partial charge in [-0.25, -0.2) is 13.4 Å². The third-order valence-corrected chi connectivity index (χ3v) is 6.96. The number of benzene rings is 1. The number of carbonyl (C=O) groups is 1. The van der Waals surface area contributed by atoms with Crippen LogP contribution in [0.2, 0.25) is 0 Å². The summed E-state index contributed by atoms with van der Waals surface area (Å²) in [6, 6.07) is 8.33. The minimum absolute atomic E-state index is 0.0450. The lowest BCUT2D eigenvalue weighted by molar-refractivity contribution is -0.132. The molecule has 1 aliphatic rings. The maximum Gasteiger partial charge on any atom is 0.223 e. The van der Waals surface area contributed by atoms with Gasteiger partial charge in [0.2, 0.25) is 5.91 Å². The van der Waals surface area contributed by atoms with E-state index in [-0.39, 0.29) is 23.0 Å². The van der Waals surface area contributed by atoms with Crippen LogP contribution in [-0.2, 0) is 27.6 Å². The summed E-state index contributed by atoms with van der Waals surface area (Å²) in [7, 11) is -3.40. The Balaban J connectivity index is 1.47. The number of hydrogen-bond acceptors (Lipinski definition) is 4. The van der Waals surface area contributed by atoms with Crippen LogP contribution in [0.5, 0.6) is 0 Å². The number of piperidine rings is 1. The van der Waals surface area contributed by atoms with E-state index in [1.807, 2.05) is 17.3 Å². The first-order valence-electron chi connectivity index (χ1n) is 9.55. The summed E-state index contributed by atoms with van der Waals surface area (Å²) in [6.07, 6.45) is 6.70. The number of carbonyl (C=O) groups excluding carboxylic acids is 1. The number of aryl methyl sites for hydroxylation is 1. The molecule has 0 bridgehead atoms. The summed E-state index contributed by atoms with van der Waals surface area (Å²) < 4.78 is 26.9. The van der Waals surface area contributed by atoms with Crippen LogP contribution in [0.15, 0.2) is 47.6 Å². The molecule has 27 heavy (non-hydrogen) atoms. The summed E-state index contributed by atoms with van der Waals surface area (Å²) in [5.41, 5.74) is 0. The maximum atomic E-state index is 12.4. The molecule has 1 amide bonds. The van der Waals surface area contributed by atoms with Gasteiger partial charge in [0.1, 0.15) is 5.82 Å². The predicted molar refractivity (Wildman–Crippen MR) is 104 cm³/mol. The molecule has 0 aliphatic carbocycles. The van der Waals surface area contributed by atoms with E-state index in [1.54, 1.807) is 30.3 Å². The van der Waals surface area contributed by atoms with Gasteiger partial charge in [0, 0.05) is 44.9 Å². The molecule has 2 heterocycles. The van der Waals surface area contributed by atoms with Crippen LogP contribution in [-0.4, -0.2) is 47.6 Å². The van der Waals surface area contributed by atoms with Crippen LogP contribution >= 0.6 is 0 Å². The van der Waals surface area contributed by atoms with Crippen molar-refractivity contribution in [3.63, 3.8) is 0 Å². The number of hydrogen-bond donors (Lipinski definition) is 0. The van der Waals surface area contributed by atoms with Crippen LogP contribution in [0.25, 0.3) is 0 Å². The van der Waals surface area contributed by atoms with Crippen LogP contribution in [0.1, 0.15) is 32.0 Å². The summed E-state index contributed by atoms with van der Waals surface area (Å²) in [5.74, 6) is 1.43. The molecule has 2 aromatic rings. The lowest BCUT2D eigenvalue weighted by atomic mass is 9.96. The maximum absolute atomic E-state index is 12.4. The summed E-state index contributed by atoms with van der Waals surface area (Å²) in [5, 5.41) is 0. The van der Waals surface area contributed by atoms with E-state index in [1.165, 1.54) is 0 Å². The molecule has 0 radical (unpaired) electrons. The predicted octanol–water partition coefficient (Wildman–Crippen LogP) is 2.55. The third-order valence-electron chi connectivity index (χ3n) is 5.23. The van der Waals surface area contributed by atoms with Crippen molar-refractivity contribution >= 4 is 15.7 Å². The molecule has 0 atom stereocenters. The van der Waals surface area contributed by atoms with Gasteiger partial charge in [-0.1, -0.05) is 25.1 Å². The standard InChI is InChI=1S/C20H27N3O3S/c1-2-19-21-11-14-23(19)16-17-8-12-22(13-9-17)20(24)10-15-27(25,26)18-6-4-3-5-7-18/h3-7,11,14,17H,2,8-10,12-13,15-16H2,1H3. The van der Waals surface area contributed by atoms with E-state index >= 15 is 0 Å². The Kier molecular flexibility index (Phi) is 6.31. The second-order valence-corrected chi connectivity index (χ2v) is 9.16. The van der Waals surface area contributed by atoms with Crippen LogP contribution in [0.3, 0.4) is 0 Å². The Morgan fingerprint density at radius 1 is 1.19 bits per heavy atom. The minimum atomic E-state index is -3.40. The van der Waals surface area contributed by atoms with Crippen molar-refractivity contribution in [2.45, 2.75) is 44.0 Å². The molecular formula is C20H27N3O3S. The van der Waals surface area contributed by atoms with E-state index in [9.17, 15) is 13.2 Å². The Morgan fingerprint density at radius 2 is 1.89 bits per heavy atom. The SMILES string of the molecule is CCc1nccn1CC1CCN(C(=O)CCS(=O)(=O)c2ccccc2)CC1. The second-order valence-electron chi connectivity index (χ2n) is 7.06. The van der Waals surface area contributed by atoms with Gasteiger partial charge in [-0.05, 0) is 30.9 Å². The van der Waals surface area contributed by atoms with E-state index in [0.717, 1.165) is 31.6 Å². The lowest BCUT2D eigenvalue weighted by Crippen LogP contribution is -2.40. The van der Waals surface area contributed by atoms with Crippen molar-refractivity contribution in [1.82, 2.24) is 14.5 Å². The highest BCUT2D eigenvalue weighted by Gasteiger charge is 2.25. The Morgan fingerprint density at radius 3 is 2.56 bits per heavy atom. The van der Waals surface area contributed by atoms with Gasteiger partial charge in [-0.3, -0.25) is 4.79 Å². The van der Waals surface area contributed by atoms with Gasteiger partial charge >= 0.3 is 0 Å². The number of imidazole rings is 1. The van der Waals surface area contributed by atoms with Crippen molar-refractivity contribution in [3.05, 3.63) is 48.5 Å². The molecule has 0 unspecified atom stereocenters. The van der Waals surface area contributed by atoms with Crippen LogP contribution in [0.4, 0.5) is 0 Å². The van der Waals surface area contributed by atoms with Crippen molar-refractivity contribution in [3.8, 4) is 0 Å². The number of amides is 1. The molecule has 146 valence electrons. The summed E-state index contributed by atoms with van der Waals surface area (Å²) in [6.45, 7) is 4.44. The normalized spacial score (nSPS) is 15.8. The molecule has 6 nitrogen and oxygen atoms in total. The van der Waals surface area contributed by atoms with Crippen molar-refractivity contribution in [2.75, 3.05) is 18.8 Å². The van der Waals surface area contributed by atoms with Crippen molar-refractivity contribution in [1.29, 1.82) is 0 Å². The fourth-order valence-electron chi connectivity index (χ4n) is 3.59. The first kappa shape index (κ1) is 19.6. The fraction of sp³-hybridized carbons (Fsp3) is 0.500. The minimum Gasteiger partial charge on any atom is -0.343 e. The third kappa shape index (κ3) is 4.97. The van der Waals surface area contributed by atoms with Gasteiger partial charge in [0.15, 0.2) is 9.84 Å². The number of nitrogens with zero attached hydrogens (tertiary/aromatic N) is 3. The average Bonchev–Trinajstić information content (AvgIpc) is 3.14. The van der Waals surface area contributed by atoms with Gasteiger partial charge in [0.25, 0.3) is 0 Å². The van der Waals surface area contributed by atoms with E-state index in [2.05, 4.69) is 16.5 Å². The molecule has 0 N–H and O–H groups in total. The topological polar surface area (TPSA) is 72.3 Å². The molecule has 0 spiro atoms. The zero-order chi connectivity index (χ0) is 19.3. The number of likely N-dealkylation sites (tertiary alicyclic amines) is 1. The first-order chi connectivity index (χ1) is 13.0. The molecule has 0 saturated carbocycles. The van der Waals surface area contributed by atoms with Gasteiger partial charge in [-0.2, -0.15) is 0 Å². The van der Waals surface area contributed by atoms with Crippen molar-refractivity contribution in [2.24, 2.45) is 5.92 Å². The van der Waals surface area contributed by atoms with E-state index in [4.69, 9.17) is 0 Å². The Hall–Kier alpha value is -2.15. The largest absolute Gasteiger partial charge is 0.343 e. The first-order valence-corrected chi connectivity index (χ1v) is 11.2. The van der Waals surface area contributed by atoms with Crippen molar-refractivity contribution < 1.29 is 13.2 Å². The number of aromatic nitrogens is 2. The molecule has 1 aromatic heterocycles. The van der Waals surface area contributed by atoms with Crippen LogP contribution < -0.4 is 0 Å². The smallest absolute Gasteiger partial charge is 0.223 e. The highest BCUT2D eigenvalue weighted by Crippen LogP contribution is 2.21. The molecule has 1 aliphatic heterocycles. The molecule has 1 saturated heterocycles. The van der Waals surface area contributed by atoms with Gasteiger partial charge in [0.05, 0.1) is 10.6 Å². The lowest BCUT2D eigenvalue weighted by Gasteiger charge is -2.32. The quantitative estimate of drug-likeness (QED) is 0.730. The molecule has 1 fully saturated rings. The average molecular weight is 390 g/mol.